The molecule has 1 heterocycles. The molecule has 1 unspecified atom stereocenters. The second-order valence-electron chi connectivity index (χ2n) is 7.87. The quantitative estimate of drug-likeness (QED) is 0.286. The van der Waals surface area contributed by atoms with Gasteiger partial charge in [0.1, 0.15) is 16.7 Å². The van der Waals surface area contributed by atoms with Gasteiger partial charge in [-0.1, -0.05) is 81.8 Å². The van der Waals surface area contributed by atoms with Crippen molar-refractivity contribution in [2.75, 3.05) is 11.4 Å². The Morgan fingerprint density at radius 1 is 1.03 bits per heavy atom. The third-order valence-corrected chi connectivity index (χ3v) is 7.51. The minimum absolute atomic E-state index is 0.0714. The first-order valence-electron chi connectivity index (χ1n) is 10.9. The monoisotopic (exact) mass is 565 g/mol. The minimum Gasteiger partial charge on any atom is -0.351 e. The number of carbonyl (C=O) groups excluding carboxylic acids is 2. The summed E-state index contributed by atoms with van der Waals surface area (Å²) in [4.78, 5) is 28.0. The molecule has 3 aromatic rings. The van der Waals surface area contributed by atoms with E-state index in [4.69, 9.17) is 11.6 Å². The number of carbonyl (C=O) groups is 2. The summed E-state index contributed by atoms with van der Waals surface area (Å²) in [5.74, 6) is -0.667. The standard InChI is InChI=1S/C27H21BrClN3O2S/c28-20-8-12-22(13-9-20)32-26(34)24(16-19-6-10-21(29)11-7-19)35-27(32)23(17-30)25(33)31-15-14-18-4-2-1-3-5-18/h1-13,24H,14-16H2,(H,31,33)/b27-23-. The van der Waals surface area contributed by atoms with Crippen molar-refractivity contribution in [2.45, 2.75) is 18.1 Å². The van der Waals surface area contributed by atoms with Gasteiger partial charge in [-0.05, 0) is 60.4 Å². The van der Waals surface area contributed by atoms with Gasteiger partial charge in [-0.25, -0.2) is 0 Å². The maximum Gasteiger partial charge on any atom is 0.264 e. The van der Waals surface area contributed by atoms with E-state index in [1.54, 1.807) is 24.3 Å². The number of halogens is 2. The molecule has 1 N–H and O–H groups in total. The Kier molecular flexibility index (Phi) is 8.29. The molecule has 0 bridgehead atoms. The molecule has 0 aromatic heterocycles. The van der Waals surface area contributed by atoms with E-state index in [1.807, 2.05) is 60.7 Å². The van der Waals surface area contributed by atoms with Gasteiger partial charge in [0.25, 0.3) is 5.91 Å². The fourth-order valence-electron chi connectivity index (χ4n) is 3.70. The van der Waals surface area contributed by atoms with Crippen molar-refractivity contribution in [1.82, 2.24) is 5.32 Å². The molecule has 1 atom stereocenters. The van der Waals surface area contributed by atoms with Crippen molar-refractivity contribution >= 4 is 56.8 Å². The first-order chi connectivity index (χ1) is 17.0. The zero-order valence-corrected chi connectivity index (χ0v) is 21.7. The largest absolute Gasteiger partial charge is 0.351 e. The van der Waals surface area contributed by atoms with Gasteiger partial charge in [0.05, 0.1) is 5.25 Å². The average molecular weight is 567 g/mol. The van der Waals surface area contributed by atoms with Gasteiger partial charge in [0.2, 0.25) is 5.91 Å². The number of rotatable bonds is 7. The Hall–Kier alpha value is -3.05. The van der Waals surface area contributed by atoms with Crippen LogP contribution in [0.25, 0.3) is 0 Å². The van der Waals surface area contributed by atoms with Crippen molar-refractivity contribution in [3.05, 3.63) is 110 Å². The number of benzene rings is 3. The van der Waals surface area contributed by atoms with Crippen LogP contribution in [0.4, 0.5) is 5.69 Å². The summed E-state index contributed by atoms with van der Waals surface area (Å²) in [7, 11) is 0. The first-order valence-corrected chi connectivity index (χ1v) is 13.0. The molecule has 176 valence electrons. The van der Waals surface area contributed by atoms with Crippen LogP contribution in [0.3, 0.4) is 0 Å². The van der Waals surface area contributed by atoms with Crippen molar-refractivity contribution in [2.24, 2.45) is 0 Å². The molecule has 1 aliphatic heterocycles. The molecule has 1 aliphatic rings. The Morgan fingerprint density at radius 2 is 1.71 bits per heavy atom. The SMILES string of the molecule is N#C/C(C(=O)NCCc1ccccc1)=C1/SC(Cc2ccc(Cl)cc2)C(=O)N1c1ccc(Br)cc1. The second-order valence-corrected chi connectivity index (χ2v) is 10.4. The summed E-state index contributed by atoms with van der Waals surface area (Å²) in [6.07, 6.45) is 1.09. The third kappa shape index (κ3) is 6.15. The molecule has 1 saturated heterocycles. The van der Waals surface area contributed by atoms with E-state index >= 15 is 0 Å². The molecule has 0 spiro atoms. The van der Waals surface area contributed by atoms with E-state index in [0.717, 1.165) is 15.6 Å². The summed E-state index contributed by atoms with van der Waals surface area (Å²) >= 11 is 10.7. The summed E-state index contributed by atoms with van der Waals surface area (Å²) in [5.41, 5.74) is 2.56. The smallest absolute Gasteiger partial charge is 0.264 e. The number of anilines is 1. The van der Waals surface area contributed by atoms with E-state index in [0.29, 0.717) is 35.1 Å². The molecular formula is C27H21BrClN3O2S. The number of hydrogen-bond acceptors (Lipinski definition) is 4. The Balaban J connectivity index is 1.61. The van der Waals surface area contributed by atoms with Crippen LogP contribution < -0.4 is 10.2 Å². The van der Waals surface area contributed by atoms with Crippen molar-refractivity contribution in [3.63, 3.8) is 0 Å². The predicted octanol–water partition coefficient (Wildman–Crippen LogP) is 5.89. The molecular weight excluding hydrogens is 546 g/mol. The number of hydrogen-bond donors (Lipinski definition) is 1. The topological polar surface area (TPSA) is 73.2 Å². The number of nitrogens with zero attached hydrogens (tertiary/aromatic N) is 2. The summed E-state index contributed by atoms with van der Waals surface area (Å²) in [6.45, 7) is 0.381. The molecule has 8 heteroatoms. The molecule has 0 radical (unpaired) electrons. The zero-order valence-electron chi connectivity index (χ0n) is 18.6. The molecule has 35 heavy (non-hydrogen) atoms. The van der Waals surface area contributed by atoms with Crippen LogP contribution in [0.5, 0.6) is 0 Å². The van der Waals surface area contributed by atoms with Crippen molar-refractivity contribution < 1.29 is 9.59 Å². The minimum atomic E-state index is -0.493. The van der Waals surface area contributed by atoms with Gasteiger partial charge >= 0.3 is 0 Å². The van der Waals surface area contributed by atoms with Crippen LogP contribution in [0.2, 0.25) is 5.02 Å². The lowest BCUT2D eigenvalue weighted by atomic mass is 10.1. The van der Waals surface area contributed by atoms with Gasteiger partial charge in [-0.3, -0.25) is 14.5 Å². The zero-order chi connectivity index (χ0) is 24.8. The van der Waals surface area contributed by atoms with E-state index < -0.39 is 11.2 Å². The van der Waals surface area contributed by atoms with Gasteiger partial charge in [-0.2, -0.15) is 5.26 Å². The molecule has 0 saturated carbocycles. The Morgan fingerprint density at radius 3 is 2.37 bits per heavy atom. The van der Waals surface area contributed by atoms with Crippen LogP contribution in [-0.4, -0.2) is 23.6 Å². The highest BCUT2D eigenvalue weighted by Gasteiger charge is 2.40. The Bertz CT molecular complexity index is 1290. The number of nitrogens with one attached hydrogen (secondary N) is 1. The maximum absolute atomic E-state index is 13.5. The second kappa shape index (κ2) is 11.6. The molecule has 0 aliphatic carbocycles. The first kappa shape index (κ1) is 25.1. The highest BCUT2D eigenvalue weighted by Crippen LogP contribution is 2.42. The lowest BCUT2D eigenvalue weighted by Gasteiger charge is -2.19. The lowest BCUT2D eigenvalue weighted by Crippen LogP contribution is -2.32. The third-order valence-electron chi connectivity index (χ3n) is 5.47. The predicted molar refractivity (Wildman–Crippen MR) is 144 cm³/mol. The van der Waals surface area contributed by atoms with E-state index in [1.165, 1.54) is 16.7 Å². The van der Waals surface area contributed by atoms with Gasteiger partial charge in [-0.15, -0.1) is 0 Å². The van der Waals surface area contributed by atoms with Crippen molar-refractivity contribution in [3.8, 4) is 6.07 Å². The average Bonchev–Trinajstić information content (AvgIpc) is 3.17. The number of nitriles is 1. The Labute approximate surface area is 221 Å². The molecule has 5 nitrogen and oxygen atoms in total. The van der Waals surface area contributed by atoms with Crippen LogP contribution in [0.1, 0.15) is 11.1 Å². The number of amides is 2. The fraction of sp³-hybridized carbons (Fsp3) is 0.148. The van der Waals surface area contributed by atoms with Crippen LogP contribution in [0, 0.1) is 11.3 Å². The molecule has 4 rings (SSSR count). The molecule has 2 amide bonds. The van der Waals surface area contributed by atoms with Gasteiger partial charge in [0.15, 0.2) is 0 Å². The van der Waals surface area contributed by atoms with Gasteiger partial charge < -0.3 is 5.32 Å². The summed E-state index contributed by atoms with van der Waals surface area (Å²) < 4.78 is 0.864. The number of thioether (sulfide) groups is 1. The van der Waals surface area contributed by atoms with Gasteiger partial charge in [0, 0.05) is 21.7 Å². The maximum atomic E-state index is 13.5. The normalized spacial score (nSPS) is 16.7. The fourth-order valence-corrected chi connectivity index (χ4v) is 5.40. The summed E-state index contributed by atoms with van der Waals surface area (Å²) in [6, 6.07) is 26.4. The van der Waals surface area contributed by atoms with Crippen LogP contribution >= 0.6 is 39.3 Å². The highest BCUT2D eigenvalue weighted by molar-refractivity contribution is 9.10. The molecule has 1 fully saturated rings. The van der Waals surface area contributed by atoms with Crippen LogP contribution in [-0.2, 0) is 22.4 Å². The van der Waals surface area contributed by atoms with E-state index in [2.05, 4.69) is 21.2 Å². The van der Waals surface area contributed by atoms with Crippen LogP contribution in [0.15, 0.2) is 93.9 Å². The molecule has 3 aromatic carbocycles. The van der Waals surface area contributed by atoms with E-state index in [9.17, 15) is 14.9 Å². The highest BCUT2D eigenvalue weighted by atomic mass is 79.9. The summed E-state index contributed by atoms with van der Waals surface area (Å²) in [5, 5.41) is 13.3. The van der Waals surface area contributed by atoms with E-state index in [-0.39, 0.29) is 11.5 Å². The lowest BCUT2D eigenvalue weighted by molar-refractivity contribution is -0.117. The van der Waals surface area contributed by atoms with Crippen molar-refractivity contribution in [1.29, 1.82) is 5.26 Å².